The Balaban J connectivity index is 1.41. The second-order valence-corrected chi connectivity index (χ2v) is 10.3. The Labute approximate surface area is 210 Å². The van der Waals surface area contributed by atoms with Crippen LogP contribution >= 0.6 is 0 Å². The summed E-state index contributed by atoms with van der Waals surface area (Å²) < 4.78 is 24.9. The molecule has 35 heavy (non-hydrogen) atoms. The number of rotatable bonds is 15. The zero-order chi connectivity index (χ0) is 25.1. The van der Waals surface area contributed by atoms with Gasteiger partial charge < -0.3 is 14.2 Å². The minimum Gasteiger partial charge on any atom is -0.459 e. The van der Waals surface area contributed by atoms with Gasteiger partial charge in [-0.3, -0.25) is 4.79 Å². The molecule has 0 unspecified atom stereocenters. The summed E-state index contributed by atoms with van der Waals surface area (Å²) in [5, 5.41) is 5.19. The van der Waals surface area contributed by atoms with Gasteiger partial charge in [-0.1, -0.05) is 64.5 Å². The van der Waals surface area contributed by atoms with Crippen molar-refractivity contribution in [1.82, 2.24) is 10.1 Å². The van der Waals surface area contributed by atoms with Crippen molar-refractivity contribution >= 4 is 16.9 Å². The summed E-state index contributed by atoms with van der Waals surface area (Å²) in [7, 11) is 0. The van der Waals surface area contributed by atoms with Crippen LogP contribution < -0.4 is 0 Å². The highest BCUT2D eigenvalue weighted by Gasteiger charge is 2.32. The predicted molar refractivity (Wildman–Crippen MR) is 139 cm³/mol. The van der Waals surface area contributed by atoms with Gasteiger partial charge in [0.25, 0.3) is 0 Å². The van der Waals surface area contributed by atoms with Crippen molar-refractivity contribution in [2.24, 2.45) is 0 Å². The van der Waals surface area contributed by atoms with Crippen molar-refractivity contribution in [3.63, 3.8) is 0 Å². The maximum Gasteiger partial charge on any atom is 0.306 e. The molecule has 0 radical (unpaired) electrons. The summed E-state index contributed by atoms with van der Waals surface area (Å²) in [6.45, 7) is 9.40. The molecule has 2 heterocycles. The molecule has 3 rings (SSSR count). The quantitative estimate of drug-likeness (QED) is 0.189. The fraction of sp³-hybridized carbons (Fsp3) is 0.724. The van der Waals surface area contributed by atoms with Crippen LogP contribution in [0.4, 0.5) is 4.39 Å². The minimum absolute atomic E-state index is 0.0321. The van der Waals surface area contributed by atoms with Crippen LogP contribution in [0.2, 0.25) is 0 Å². The average Bonchev–Trinajstić information content (AvgIpc) is 3.29. The molecule has 0 saturated carbocycles. The number of aromatic nitrogens is 1. The fourth-order valence-corrected chi connectivity index (χ4v) is 5.34. The van der Waals surface area contributed by atoms with Gasteiger partial charge in [0.05, 0.1) is 5.69 Å². The lowest BCUT2D eigenvalue weighted by molar-refractivity contribution is -0.162. The Kier molecular flexibility index (Phi) is 11.0. The van der Waals surface area contributed by atoms with E-state index in [1.165, 1.54) is 44.2 Å². The molecule has 5 nitrogen and oxygen atoms in total. The van der Waals surface area contributed by atoms with Gasteiger partial charge in [-0.2, -0.15) is 0 Å². The van der Waals surface area contributed by atoms with Gasteiger partial charge in [0, 0.05) is 30.3 Å². The molecule has 1 fully saturated rings. The minimum atomic E-state index is -0.360. The van der Waals surface area contributed by atoms with Crippen molar-refractivity contribution in [1.29, 1.82) is 0 Å². The molecule has 1 aliphatic rings. The largest absolute Gasteiger partial charge is 0.459 e. The number of hydrogen-bond acceptors (Lipinski definition) is 5. The van der Waals surface area contributed by atoms with E-state index in [0.717, 1.165) is 75.7 Å². The number of esters is 1. The lowest BCUT2D eigenvalue weighted by Crippen LogP contribution is -2.41. The lowest BCUT2D eigenvalue weighted by atomic mass is 9.89. The third-order valence-corrected chi connectivity index (χ3v) is 7.92. The second-order valence-electron chi connectivity index (χ2n) is 10.3. The predicted octanol–water partition coefficient (Wildman–Crippen LogP) is 7.78. The molecule has 1 aliphatic heterocycles. The topological polar surface area (TPSA) is 55.6 Å². The van der Waals surface area contributed by atoms with E-state index >= 15 is 0 Å². The number of unbranched alkanes of at least 4 members (excludes halogenated alkanes) is 6. The first kappa shape index (κ1) is 27.6. The van der Waals surface area contributed by atoms with Crippen molar-refractivity contribution in [3.8, 4) is 0 Å². The van der Waals surface area contributed by atoms with E-state index in [2.05, 4.69) is 30.8 Å². The maximum absolute atomic E-state index is 13.5. The van der Waals surface area contributed by atoms with Crippen LogP contribution in [0.5, 0.6) is 0 Å². The number of carbonyl (C=O) groups excluding carboxylic acids is 1. The first-order valence-electron chi connectivity index (χ1n) is 14.0. The zero-order valence-electron chi connectivity index (χ0n) is 22.1. The molecule has 0 atom stereocenters. The molecule has 0 bridgehead atoms. The standard InChI is InChI=1S/C29H45FN2O3/c1-4-7-8-9-10-11-12-13-27(33)34-29(5-2,6-3)18-21-32-19-16-23(17-20-32)28-25-15-14-24(30)22-26(25)35-31-28/h14-15,22-23H,4-13,16-21H2,1-3H3. The second kappa shape index (κ2) is 14.0. The molecule has 0 spiro atoms. The Bertz CT molecular complexity index is 900. The number of likely N-dealkylation sites (tertiary alicyclic amines) is 1. The Morgan fingerprint density at radius 2 is 1.77 bits per heavy atom. The van der Waals surface area contributed by atoms with Crippen LogP contribution in [0.3, 0.4) is 0 Å². The SMILES string of the molecule is CCCCCCCCCC(=O)OC(CC)(CC)CCN1CCC(c2noc3cc(F)ccc23)CC1. The fourth-order valence-electron chi connectivity index (χ4n) is 5.34. The molecular weight excluding hydrogens is 443 g/mol. The number of benzene rings is 1. The molecule has 1 aromatic heterocycles. The number of nitrogens with zero attached hydrogens (tertiary/aromatic N) is 2. The number of halogens is 1. The van der Waals surface area contributed by atoms with Gasteiger partial charge in [-0.05, 0) is 63.7 Å². The summed E-state index contributed by atoms with van der Waals surface area (Å²) in [5.41, 5.74) is 1.12. The van der Waals surface area contributed by atoms with E-state index in [1.807, 2.05) is 0 Å². The van der Waals surface area contributed by atoms with Crippen LogP contribution in [-0.2, 0) is 9.53 Å². The van der Waals surface area contributed by atoms with Gasteiger partial charge in [0.1, 0.15) is 11.4 Å². The van der Waals surface area contributed by atoms with Crippen LogP contribution in [0.15, 0.2) is 22.7 Å². The molecule has 1 aromatic carbocycles. The maximum atomic E-state index is 13.5. The first-order chi connectivity index (χ1) is 17.0. The van der Waals surface area contributed by atoms with Crippen molar-refractivity contribution in [2.75, 3.05) is 19.6 Å². The Hall–Kier alpha value is -1.95. The van der Waals surface area contributed by atoms with E-state index in [9.17, 15) is 9.18 Å². The number of fused-ring (bicyclic) bond motifs is 1. The number of piperidine rings is 1. The average molecular weight is 489 g/mol. The summed E-state index contributed by atoms with van der Waals surface area (Å²) in [5.74, 6) is 0.00337. The molecular formula is C29H45FN2O3. The van der Waals surface area contributed by atoms with Gasteiger partial charge in [-0.25, -0.2) is 4.39 Å². The van der Waals surface area contributed by atoms with Crippen molar-refractivity contribution < 1.29 is 18.4 Å². The molecule has 0 amide bonds. The Morgan fingerprint density at radius 1 is 1.09 bits per heavy atom. The van der Waals surface area contributed by atoms with Gasteiger partial charge in [-0.15, -0.1) is 0 Å². The smallest absolute Gasteiger partial charge is 0.306 e. The highest BCUT2D eigenvalue weighted by Crippen LogP contribution is 2.34. The zero-order valence-corrected chi connectivity index (χ0v) is 22.1. The first-order valence-corrected chi connectivity index (χ1v) is 14.0. The Morgan fingerprint density at radius 3 is 2.46 bits per heavy atom. The van der Waals surface area contributed by atoms with Crippen molar-refractivity contribution in [2.45, 2.75) is 116 Å². The van der Waals surface area contributed by atoms with E-state index in [1.54, 1.807) is 6.07 Å². The molecule has 0 N–H and O–H groups in total. The summed E-state index contributed by atoms with van der Waals surface area (Å²) in [6, 6.07) is 4.66. The summed E-state index contributed by atoms with van der Waals surface area (Å²) >= 11 is 0. The van der Waals surface area contributed by atoms with E-state index in [4.69, 9.17) is 9.26 Å². The van der Waals surface area contributed by atoms with Gasteiger partial charge in [0.2, 0.25) is 0 Å². The van der Waals surface area contributed by atoms with Gasteiger partial charge in [0.15, 0.2) is 5.58 Å². The number of hydrogen-bond donors (Lipinski definition) is 0. The summed E-state index contributed by atoms with van der Waals surface area (Å²) in [4.78, 5) is 15.1. The molecule has 2 aromatic rings. The molecule has 0 aliphatic carbocycles. The molecule has 6 heteroatoms. The van der Waals surface area contributed by atoms with Crippen LogP contribution in [0.1, 0.15) is 116 Å². The van der Waals surface area contributed by atoms with Crippen molar-refractivity contribution in [3.05, 3.63) is 29.7 Å². The highest BCUT2D eigenvalue weighted by atomic mass is 19.1. The lowest BCUT2D eigenvalue weighted by Gasteiger charge is -2.36. The summed E-state index contributed by atoms with van der Waals surface area (Å²) in [6.07, 6.45) is 13.6. The third kappa shape index (κ3) is 8.03. The number of carbonyl (C=O) groups is 1. The monoisotopic (exact) mass is 488 g/mol. The van der Waals surface area contributed by atoms with Gasteiger partial charge >= 0.3 is 5.97 Å². The van der Waals surface area contributed by atoms with E-state index in [-0.39, 0.29) is 17.4 Å². The van der Waals surface area contributed by atoms with Crippen LogP contribution in [0.25, 0.3) is 11.0 Å². The van der Waals surface area contributed by atoms with E-state index < -0.39 is 0 Å². The van der Waals surface area contributed by atoms with Crippen LogP contribution in [-0.4, -0.2) is 41.3 Å². The van der Waals surface area contributed by atoms with Crippen LogP contribution in [0, 0.1) is 5.82 Å². The molecule has 196 valence electrons. The van der Waals surface area contributed by atoms with E-state index in [0.29, 0.717) is 17.9 Å². The molecule has 1 saturated heterocycles. The highest BCUT2D eigenvalue weighted by molar-refractivity contribution is 5.79. The normalized spacial score (nSPS) is 15.7. The third-order valence-electron chi connectivity index (χ3n) is 7.92. The number of ether oxygens (including phenoxy) is 1.